The van der Waals surface area contributed by atoms with Gasteiger partial charge in [-0.2, -0.15) is 19.7 Å². The fourth-order valence-electron chi connectivity index (χ4n) is 2.11. The number of nitrogens with zero attached hydrogens (tertiary/aromatic N) is 6. The van der Waals surface area contributed by atoms with Crippen molar-refractivity contribution < 1.29 is 0 Å². The maximum atomic E-state index is 8.78. The summed E-state index contributed by atoms with van der Waals surface area (Å²) >= 11 is 1.27. The van der Waals surface area contributed by atoms with Crippen molar-refractivity contribution in [1.82, 2.24) is 24.1 Å². The highest BCUT2D eigenvalue weighted by Crippen LogP contribution is 2.25. The molecule has 0 bridgehead atoms. The molecule has 8 heteroatoms. The molecule has 0 aliphatic carbocycles. The van der Waals surface area contributed by atoms with Crippen molar-refractivity contribution in [2.75, 3.05) is 5.32 Å². The topological polar surface area (TPSA) is 92.3 Å². The molecule has 3 heterocycles. The van der Waals surface area contributed by atoms with Gasteiger partial charge in [-0.25, -0.2) is 4.98 Å². The maximum Gasteiger partial charge on any atom is 0.208 e. The second-order valence-electron chi connectivity index (χ2n) is 4.98. The first-order chi connectivity index (χ1) is 12.2. The van der Waals surface area contributed by atoms with Gasteiger partial charge < -0.3 is 5.32 Å². The lowest BCUT2D eigenvalue weighted by Gasteiger charge is -1.99. The number of hydrogen-bond acceptors (Lipinski definition) is 7. The van der Waals surface area contributed by atoms with E-state index in [1.54, 1.807) is 12.1 Å². The molecule has 0 unspecified atom stereocenters. The smallest absolute Gasteiger partial charge is 0.208 e. The first-order valence-electron chi connectivity index (χ1n) is 8.21. The molecule has 0 amide bonds. The largest absolute Gasteiger partial charge is 0.315 e. The molecular formula is C17H21N7S. The Balaban J connectivity index is 0.00000109. The Hall–Kier alpha value is -2.79. The van der Waals surface area contributed by atoms with Gasteiger partial charge in [0.1, 0.15) is 11.9 Å². The molecule has 0 radical (unpaired) electrons. The molecule has 130 valence electrons. The minimum Gasteiger partial charge on any atom is -0.315 e. The molecule has 0 aliphatic rings. The molecule has 3 aromatic heterocycles. The Morgan fingerprint density at radius 1 is 1.32 bits per heavy atom. The predicted molar refractivity (Wildman–Crippen MR) is 99.7 cm³/mol. The van der Waals surface area contributed by atoms with E-state index in [4.69, 9.17) is 5.26 Å². The van der Waals surface area contributed by atoms with Crippen LogP contribution in [0.2, 0.25) is 0 Å². The first-order valence-corrected chi connectivity index (χ1v) is 8.98. The average molecular weight is 355 g/mol. The van der Waals surface area contributed by atoms with Crippen LogP contribution < -0.4 is 5.32 Å². The van der Waals surface area contributed by atoms with E-state index in [2.05, 4.69) is 31.7 Å². The molecule has 0 spiro atoms. The quantitative estimate of drug-likeness (QED) is 0.739. The monoisotopic (exact) mass is 355 g/mol. The normalized spacial score (nSPS) is 9.88. The number of nitrogens with one attached hydrogen (secondary N) is 1. The van der Waals surface area contributed by atoms with Crippen LogP contribution in [0.1, 0.15) is 38.4 Å². The molecule has 3 aromatic rings. The Bertz CT molecular complexity index is 843. The van der Waals surface area contributed by atoms with Gasteiger partial charge in [-0.15, -0.1) is 0 Å². The number of pyridine rings is 1. The molecule has 0 aliphatic heterocycles. The zero-order valence-corrected chi connectivity index (χ0v) is 15.6. The van der Waals surface area contributed by atoms with Crippen molar-refractivity contribution >= 4 is 22.5 Å². The van der Waals surface area contributed by atoms with Crippen LogP contribution >= 0.6 is 11.5 Å². The number of hydrogen-bond donors (Lipinski definition) is 1. The van der Waals surface area contributed by atoms with E-state index in [1.165, 1.54) is 17.7 Å². The third kappa shape index (κ3) is 4.61. The fraction of sp³-hybridized carbons (Fsp3) is 0.353. The lowest BCUT2D eigenvalue weighted by molar-refractivity contribution is 0.598. The van der Waals surface area contributed by atoms with E-state index in [0.29, 0.717) is 22.3 Å². The van der Waals surface area contributed by atoms with E-state index in [1.807, 2.05) is 37.7 Å². The van der Waals surface area contributed by atoms with Crippen molar-refractivity contribution in [2.45, 2.75) is 40.7 Å². The minimum absolute atomic E-state index is 0.521. The van der Waals surface area contributed by atoms with E-state index < -0.39 is 0 Å². The maximum absolute atomic E-state index is 8.78. The highest BCUT2D eigenvalue weighted by atomic mass is 32.1. The van der Waals surface area contributed by atoms with E-state index in [0.717, 1.165) is 24.2 Å². The van der Waals surface area contributed by atoms with Gasteiger partial charge in [0.15, 0.2) is 5.82 Å². The van der Waals surface area contributed by atoms with Gasteiger partial charge in [0.25, 0.3) is 0 Å². The van der Waals surface area contributed by atoms with Crippen molar-refractivity contribution in [3.8, 4) is 17.5 Å². The summed E-state index contributed by atoms with van der Waals surface area (Å²) in [6.07, 6.45) is 4.52. The molecule has 0 fully saturated rings. The second-order valence-corrected chi connectivity index (χ2v) is 5.74. The van der Waals surface area contributed by atoms with Crippen LogP contribution in [0.5, 0.6) is 0 Å². The fourth-order valence-corrected chi connectivity index (χ4v) is 2.70. The third-order valence-corrected chi connectivity index (χ3v) is 3.82. The first kappa shape index (κ1) is 18.5. The molecule has 25 heavy (non-hydrogen) atoms. The van der Waals surface area contributed by atoms with Crippen LogP contribution in [0.4, 0.5) is 10.9 Å². The van der Waals surface area contributed by atoms with Crippen LogP contribution in [-0.4, -0.2) is 24.1 Å². The van der Waals surface area contributed by atoms with Crippen LogP contribution in [0, 0.1) is 18.3 Å². The molecule has 0 saturated carbocycles. The van der Waals surface area contributed by atoms with Crippen molar-refractivity contribution in [3.63, 3.8) is 0 Å². The molecule has 0 saturated heterocycles. The third-order valence-electron chi connectivity index (χ3n) is 3.19. The van der Waals surface area contributed by atoms with Gasteiger partial charge >= 0.3 is 0 Å². The summed E-state index contributed by atoms with van der Waals surface area (Å²) in [5.74, 6) is 1.29. The van der Waals surface area contributed by atoms with Crippen molar-refractivity contribution in [1.29, 1.82) is 5.26 Å². The summed E-state index contributed by atoms with van der Waals surface area (Å²) < 4.78 is 6.30. The lowest BCUT2D eigenvalue weighted by Crippen LogP contribution is -1.96. The van der Waals surface area contributed by atoms with Gasteiger partial charge in [-0.1, -0.05) is 20.8 Å². The Morgan fingerprint density at radius 2 is 2.12 bits per heavy atom. The number of rotatable bonds is 5. The lowest BCUT2D eigenvalue weighted by atomic mass is 10.2. The van der Waals surface area contributed by atoms with Gasteiger partial charge in [-0.3, -0.25) is 4.68 Å². The standard InChI is InChI=1S/C15H15N7S.C2H6/c1-3-6-22-9-12(10(2)20-22)14-19-15(23-21-14)18-13-5-4-11(7-16)8-17-13;1-2/h4-5,8-9H,3,6H2,1-2H3,(H,17,18,19,21);1-2H3. The Morgan fingerprint density at radius 3 is 2.76 bits per heavy atom. The highest BCUT2D eigenvalue weighted by molar-refractivity contribution is 7.09. The summed E-state index contributed by atoms with van der Waals surface area (Å²) in [4.78, 5) is 8.65. The molecular weight excluding hydrogens is 334 g/mol. The SMILES string of the molecule is CC.CCCn1cc(-c2nsc(Nc3ccc(C#N)cn3)n2)c(C)n1. The summed E-state index contributed by atoms with van der Waals surface area (Å²) in [5, 5.41) is 17.0. The van der Waals surface area contributed by atoms with Crippen LogP contribution in [0.3, 0.4) is 0 Å². The van der Waals surface area contributed by atoms with Gasteiger partial charge in [0.2, 0.25) is 5.13 Å². The van der Waals surface area contributed by atoms with Crippen LogP contribution in [-0.2, 0) is 6.54 Å². The Labute approximate surface area is 151 Å². The highest BCUT2D eigenvalue weighted by Gasteiger charge is 2.13. The van der Waals surface area contributed by atoms with Gasteiger partial charge in [0.05, 0.1) is 16.8 Å². The molecule has 1 N–H and O–H groups in total. The summed E-state index contributed by atoms with van der Waals surface area (Å²) in [7, 11) is 0. The van der Waals surface area contributed by atoms with Crippen LogP contribution in [0.15, 0.2) is 24.5 Å². The number of nitriles is 1. The van der Waals surface area contributed by atoms with Crippen molar-refractivity contribution in [3.05, 3.63) is 35.8 Å². The van der Waals surface area contributed by atoms with E-state index >= 15 is 0 Å². The number of aryl methyl sites for hydroxylation is 2. The predicted octanol–water partition coefficient (Wildman–Crippen LogP) is 4.16. The number of anilines is 2. The summed E-state index contributed by atoms with van der Waals surface area (Å²) in [6, 6.07) is 5.48. The zero-order chi connectivity index (χ0) is 18.2. The molecule has 0 atom stereocenters. The average Bonchev–Trinajstić information content (AvgIpc) is 3.24. The molecule has 0 aromatic carbocycles. The van der Waals surface area contributed by atoms with E-state index in [-0.39, 0.29) is 0 Å². The summed E-state index contributed by atoms with van der Waals surface area (Å²) in [6.45, 7) is 8.95. The Kier molecular flexibility index (Phi) is 6.60. The van der Waals surface area contributed by atoms with Crippen molar-refractivity contribution in [2.24, 2.45) is 0 Å². The second kappa shape index (κ2) is 8.89. The van der Waals surface area contributed by atoms with Gasteiger partial charge in [-0.05, 0) is 25.5 Å². The molecule has 3 rings (SSSR count). The van der Waals surface area contributed by atoms with E-state index in [9.17, 15) is 0 Å². The van der Waals surface area contributed by atoms with Crippen LogP contribution in [0.25, 0.3) is 11.4 Å². The number of aromatic nitrogens is 5. The van der Waals surface area contributed by atoms with Gasteiger partial charge in [0, 0.05) is 30.5 Å². The molecule has 7 nitrogen and oxygen atoms in total. The minimum atomic E-state index is 0.521. The zero-order valence-electron chi connectivity index (χ0n) is 14.8. The summed E-state index contributed by atoms with van der Waals surface area (Å²) in [5.41, 5.74) is 2.38.